The zero-order valence-electron chi connectivity index (χ0n) is 15.8. The van der Waals surface area contributed by atoms with Gasteiger partial charge < -0.3 is 19.9 Å². The fraction of sp³-hybridized carbons (Fsp3) is 0.579. The minimum Gasteiger partial charge on any atom is -0.377 e. The van der Waals surface area contributed by atoms with E-state index in [4.69, 9.17) is 4.74 Å². The predicted octanol–water partition coefficient (Wildman–Crippen LogP) is 2.98. The Labute approximate surface area is 150 Å². The Morgan fingerprint density at radius 1 is 1.36 bits per heavy atom. The molecule has 6 nitrogen and oxygen atoms in total. The summed E-state index contributed by atoms with van der Waals surface area (Å²) < 4.78 is 5.54. The van der Waals surface area contributed by atoms with E-state index in [1.165, 1.54) is 4.90 Å². The molecule has 1 aliphatic heterocycles. The Morgan fingerprint density at radius 2 is 2.08 bits per heavy atom. The Bertz CT molecular complexity index is 628. The number of carbonyl (C=O) groups is 2. The highest BCUT2D eigenvalue weighted by atomic mass is 16.5. The minimum atomic E-state index is -0.133. The number of hydrogen-bond donors (Lipinski definition) is 1. The van der Waals surface area contributed by atoms with Crippen molar-refractivity contribution in [3.05, 3.63) is 29.3 Å². The summed E-state index contributed by atoms with van der Waals surface area (Å²) in [5.41, 5.74) is 2.16. The van der Waals surface area contributed by atoms with Gasteiger partial charge in [0.15, 0.2) is 0 Å². The zero-order valence-corrected chi connectivity index (χ0v) is 15.8. The highest BCUT2D eigenvalue weighted by molar-refractivity contribution is 5.97. The van der Waals surface area contributed by atoms with Gasteiger partial charge in [-0.15, -0.1) is 0 Å². The second kappa shape index (κ2) is 8.34. The molecule has 1 heterocycles. The molecule has 1 fully saturated rings. The monoisotopic (exact) mass is 347 g/mol. The van der Waals surface area contributed by atoms with E-state index in [0.29, 0.717) is 36.9 Å². The Balaban J connectivity index is 2.15. The van der Waals surface area contributed by atoms with E-state index in [1.54, 1.807) is 26.2 Å². The van der Waals surface area contributed by atoms with E-state index in [2.05, 4.69) is 19.2 Å². The standard InChI is InChI=1S/C19H29N3O3/c1-13(2)10-16-12-25-9-8-22(16)19(24)20-17-11-15(7-6-14(17)3)18(23)21(4)5/h6-7,11,13,16H,8-10,12H2,1-5H3,(H,20,24). The van der Waals surface area contributed by atoms with Crippen LogP contribution in [0, 0.1) is 12.8 Å². The van der Waals surface area contributed by atoms with Crippen molar-refractivity contribution in [2.75, 3.05) is 39.2 Å². The predicted molar refractivity (Wildman–Crippen MR) is 99.0 cm³/mol. The van der Waals surface area contributed by atoms with Crippen molar-refractivity contribution in [2.45, 2.75) is 33.2 Å². The quantitative estimate of drug-likeness (QED) is 0.911. The fourth-order valence-electron chi connectivity index (χ4n) is 3.00. The van der Waals surface area contributed by atoms with Crippen molar-refractivity contribution in [2.24, 2.45) is 5.92 Å². The summed E-state index contributed by atoms with van der Waals surface area (Å²) in [5, 5.41) is 2.98. The van der Waals surface area contributed by atoms with Crippen molar-refractivity contribution in [1.82, 2.24) is 9.80 Å². The molecule has 138 valence electrons. The average molecular weight is 347 g/mol. The van der Waals surface area contributed by atoms with Crippen LogP contribution >= 0.6 is 0 Å². The molecule has 0 aliphatic carbocycles. The van der Waals surface area contributed by atoms with E-state index in [9.17, 15) is 9.59 Å². The molecule has 1 aromatic rings. The SMILES string of the molecule is Cc1ccc(C(=O)N(C)C)cc1NC(=O)N1CCOCC1CC(C)C. The molecular formula is C19H29N3O3. The maximum atomic E-state index is 12.8. The topological polar surface area (TPSA) is 61.9 Å². The van der Waals surface area contributed by atoms with Gasteiger partial charge >= 0.3 is 6.03 Å². The third-order valence-corrected chi connectivity index (χ3v) is 4.36. The summed E-state index contributed by atoms with van der Waals surface area (Å²) in [5.74, 6) is 0.407. The third kappa shape index (κ3) is 4.95. The number of hydrogen-bond acceptors (Lipinski definition) is 3. The van der Waals surface area contributed by atoms with Crippen molar-refractivity contribution >= 4 is 17.6 Å². The van der Waals surface area contributed by atoms with E-state index < -0.39 is 0 Å². The van der Waals surface area contributed by atoms with Crippen molar-refractivity contribution in [3.8, 4) is 0 Å². The van der Waals surface area contributed by atoms with Crippen LogP contribution in [-0.4, -0.2) is 61.6 Å². The molecule has 0 radical (unpaired) electrons. The smallest absolute Gasteiger partial charge is 0.322 e. The molecule has 1 aliphatic rings. The summed E-state index contributed by atoms with van der Waals surface area (Å²) in [4.78, 5) is 28.3. The number of aryl methyl sites for hydroxylation is 1. The molecule has 0 saturated carbocycles. The van der Waals surface area contributed by atoms with Crippen molar-refractivity contribution in [3.63, 3.8) is 0 Å². The van der Waals surface area contributed by atoms with Crippen LogP contribution in [0.3, 0.4) is 0 Å². The molecule has 0 spiro atoms. The largest absolute Gasteiger partial charge is 0.377 e. The number of anilines is 1. The lowest BCUT2D eigenvalue weighted by molar-refractivity contribution is 0.00857. The normalized spacial score (nSPS) is 17.5. The van der Waals surface area contributed by atoms with E-state index >= 15 is 0 Å². The lowest BCUT2D eigenvalue weighted by atomic mass is 10.0. The summed E-state index contributed by atoms with van der Waals surface area (Å²) in [7, 11) is 3.43. The molecule has 1 saturated heterocycles. The van der Waals surface area contributed by atoms with Gasteiger partial charge in [-0.1, -0.05) is 19.9 Å². The third-order valence-electron chi connectivity index (χ3n) is 4.36. The number of amides is 3. The van der Waals surface area contributed by atoms with Gasteiger partial charge in [0.25, 0.3) is 5.91 Å². The lowest BCUT2D eigenvalue weighted by Crippen LogP contribution is -2.50. The van der Waals surface area contributed by atoms with E-state index in [-0.39, 0.29) is 18.0 Å². The first-order valence-electron chi connectivity index (χ1n) is 8.77. The maximum Gasteiger partial charge on any atom is 0.322 e. The average Bonchev–Trinajstić information content (AvgIpc) is 2.56. The van der Waals surface area contributed by atoms with E-state index in [1.807, 2.05) is 17.9 Å². The first-order chi connectivity index (χ1) is 11.8. The molecule has 2 rings (SSSR count). The van der Waals surface area contributed by atoms with Crippen LogP contribution in [0.5, 0.6) is 0 Å². The molecule has 25 heavy (non-hydrogen) atoms. The zero-order chi connectivity index (χ0) is 18.6. The Hall–Kier alpha value is -2.08. The van der Waals surface area contributed by atoms with E-state index in [0.717, 1.165) is 12.0 Å². The second-order valence-electron chi connectivity index (χ2n) is 7.21. The molecule has 3 amide bonds. The van der Waals surface area contributed by atoms with Crippen LogP contribution in [0.4, 0.5) is 10.5 Å². The van der Waals surface area contributed by atoms with Crippen molar-refractivity contribution < 1.29 is 14.3 Å². The lowest BCUT2D eigenvalue weighted by Gasteiger charge is -2.36. The first kappa shape index (κ1) is 19.2. The highest BCUT2D eigenvalue weighted by Gasteiger charge is 2.28. The van der Waals surface area contributed by atoms with Gasteiger partial charge in [0, 0.05) is 31.9 Å². The molecule has 1 unspecified atom stereocenters. The molecule has 1 atom stereocenters. The maximum absolute atomic E-state index is 12.8. The van der Waals surface area contributed by atoms with Crippen LogP contribution in [0.1, 0.15) is 36.2 Å². The van der Waals surface area contributed by atoms with Gasteiger partial charge in [-0.05, 0) is 37.0 Å². The highest BCUT2D eigenvalue weighted by Crippen LogP contribution is 2.21. The summed E-state index contributed by atoms with van der Waals surface area (Å²) in [6.45, 7) is 7.92. The fourth-order valence-corrected chi connectivity index (χ4v) is 3.00. The van der Waals surface area contributed by atoms with Crippen LogP contribution in [-0.2, 0) is 4.74 Å². The minimum absolute atomic E-state index is 0.0837. The summed E-state index contributed by atoms with van der Waals surface area (Å²) in [6.07, 6.45) is 0.908. The number of ether oxygens (including phenoxy) is 1. The van der Waals surface area contributed by atoms with Gasteiger partial charge in [-0.25, -0.2) is 4.79 Å². The van der Waals surface area contributed by atoms with Gasteiger partial charge in [-0.2, -0.15) is 0 Å². The van der Waals surface area contributed by atoms with Crippen LogP contribution < -0.4 is 5.32 Å². The second-order valence-corrected chi connectivity index (χ2v) is 7.21. The molecular weight excluding hydrogens is 318 g/mol. The molecule has 0 bridgehead atoms. The van der Waals surface area contributed by atoms with Crippen molar-refractivity contribution in [1.29, 1.82) is 0 Å². The number of rotatable bonds is 4. The van der Waals surface area contributed by atoms with Crippen LogP contribution in [0.2, 0.25) is 0 Å². The molecule has 1 aromatic carbocycles. The Morgan fingerprint density at radius 3 is 2.72 bits per heavy atom. The van der Waals surface area contributed by atoms with Gasteiger partial charge in [0.2, 0.25) is 0 Å². The van der Waals surface area contributed by atoms with Crippen LogP contribution in [0.25, 0.3) is 0 Å². The van der Waals surface area contributed by atoms with Gasteiger partial charge in [0.05, 0.1) is 19.3 Å². The number of benzene rings is 1. The molecule has 6 heteroatoms. The number of nitrogens with zero attached hydrogens (tertiary/aromatic N) is 2. The number of nitrogens with one attached hydrogen (secondary N) is 1. The number of morpholine rings is 1. The summed E-state index contributed by atoms with van der Waals surface area (Å²) in [6, 6.07) is 5.33. The number of urea groups is 1. The first-order valence-corrected chi connectivity index (χ1v) is 8.77. The van der Waals surface area contributed by atoms with Gasteiger partial charge in [0.1, 0.15) is 0 Å². The Kier molecular flexibility index (Phi) is 6.42. The van der Waals surface area contributed by atoms with Gasteiger partial charge in [-0.3, -0.25) is 4.79 Å². The number of carbonyl (C=O) groups excluding carboxylic acids is 2. The molecule has 0 aromatic heterocycles. The molecule has 1 N–H and O–H groups in total. The summed E-state index contributed by atoms with van der Waals surface area (Å²) >= 11 is 0. The van der Waals surface area contributed by atoms with Crippen LogP contribution in [0.15, 0.2) is 18.2 Å².